The summed E-state index contributed by atoms with van der Waals surface area (Å²) in [6, 6.07) is 3.51. The van der Waals surface area contributed by atoms with Gasteiger partial charge in [-0.05, 0) is 31.4 Å². The smallest absolute Gasteiger partial charge is 0.316 e. The minimum atomic E-state index is -0.497. The Bertz CT molecular complexity index is 744. The molecule has 122 valence electrons. The normalized spacial score (nSPS) is 17.6. The van der Waals surface area contributed by atoms with Crippen LogP contribution in [0.4, 0.5) is 10.1 Å². The zero-order chi connectivity index (χ0) is 16.6. The van der Waals surface area contributed by atoms with E-state index in [1.165, 1.54) is 7.05 Å². The summed E-state index contributed by atoms with van der Waals surface area (Å²) >= 11 is 0. The highest BCUT2D eigenvalue weighted by Gasteiger charge is 2.24. The lowest BCUT2D eigenvalue weighted by molar-refractivity contribution is 0.0919. The summed E-state index contributed by atoms with van der Waals surface area (Å²) in [5, 5.41) is 6.08. The topological polar surface area (TPSA) is 71.3 Å². The van der Waals surface area contributed by atoms with Crippen LogP contribution in [0.2, 0.25) is 0 Å². The van der Waals surface area contributed by atoms with E-state index in [0.717, 1.165) is 25.2 Å². The van der Waals surface area contributed by atoms with E-state index in [9.17, 15) is 9.18 Å². The Kier molecular flexibility index (Phi) is 4.02. The second-order valence-corrected chi connectivity index (χ2v) is 5.91. The molecule has 23 heavy (non-hydrogen) atoms. The first kappa shape index (κ1) is 15.5. The molecule has 7 heteroatoms. The van der Waals surface area contributed by atoms with Gasteiger partial charge in [0.15, 0.2) is 0 Å². The molecule has 2 heterocycles. The van der Waals surface area contributed by atoms with Gasteiger partial charge in [-0.15, -0.1) is 0 Å². The van der Waals surface area contributed by atoms with Crippen LogP contribution in [0, 0.1) is 18.7 Å². The molecule has 0 radical (unpaired) electrons. The first-order valence-corrected chi connectivity index (χ1v) is 7.61. The number of anilines is 1. The Balaban J connectivity index is 1.94. The number of hydrogen-bond donors (Lipinski definition) is 1. The second-order valence-electron chi connectivity index (χ2n) is 5.91. The van der Waals surface area contributed by atoms with E-state index in [-0.39, 0.29) is 23.1 Å². The summed E-state index contributed by atoms with van der Waals surface area (Å²) < 4.78 is 19.6. The molecule has 1 atom stereocenters. The van der Waals surface area contributed by atoms with Crippen LogP contribution in [0.25, 0.3) is 11.4 Å². The maximum absolute atomic E-state index is 14.7. The summed E-state index contributed by atoms with van der Waals surface area (Å²) in [6.07, 6.45) is 1.11. The molecule has 1 aliphatic heterocycles. The number of hydrogen-bond acceptors (Lipinski definition) is 5. The average Bonchev–Trinajstić information content (AvgIpc) is 3.18. The molecule has 1 aliphatic rings. The van der Waals surface area contributed by atoms with Gasteiger partial charge in [0.2, 0.25) is 5.82 Å². The van der Waals surface area contributed by atoms with Gasteiger partial charge in [0.05, 0.1) is 5.56 Å². The van der Waals surface area contributed by atoms with Crippen LogP contribution in [0.1, 0.15) is 29.6 Å². The van der Waals surface area contributed by atoms with Crippen molar-refractivity contribution in [3.05, 3.63) is 29.4 Å². The third-order valence-electron chi connectivity index (χ3n) is 4.21. The number of benzene rings is 1. The van der Waals surface area contributed by atoms with Gasteiger partial charge >= 0.3 is 11.8 Å². The molecule has 6 nitrogen and oxygen atoms in total. The van der Waals surface area contributed by atoms with Gasteiger partial charge in [0, 0.05) is 31.4 Å². The quantitative estimate of drug-likeness (QED) is 0.941. The number of carbonyl (C=O) groups excluding carboxylic acids is 1. The van der Waals surface area contributed by atoms with Gasteiger partial charge in [0.25, 0.3) is 0 Å². The molecule has 2 aromatic rings. The molecule has 0 spiro atoms. The van der Waals surface area contributed by atoms with Crippen LogP contribution in [-0.2, 0) is 0 Å². The number of carbonyl (C=O) groups is 1. The molecule has 0 bridgehead atoms. The molecule has 1 fully saturated rings. The third kappa shape index (κ3) is 2.78. The van der Waals surface area contributed by atoms with Crippen molar-refractivity contribution in [1.82, 2.24) is 15.5 Å². The van der Waals surface area contributed by atoms with Crippen LogP contribution in [0.15, 0.2) is 16.7 Å². The van der Waals surface area contributed by atoms with Gasteiger partial charge < -0.3 is 14.7 Å². The SMILES string of the molecule is CNC(=O)c1nc(-c2ccc(N3CC[C@@H](C)C3)c(C)c2F)no1. The lowest BCUT2D eigenvalue weighted by Crippen LogP contribution is -2.20. The number of amides is 1. The fourth-order valence-corrected chi connectivity index (χ4v) is 2.88. The largest absolute Gasteiger partial charge is 0.371 e. The number of halogens is 1. The zero-order valence-corrected chi connectivity index (χ0v) is 13.4. The van der Waals surface area contributed by atoms with Crippen molar-refractivity contribution in [3.8, 4) is 11.4 Å². The standard InChI is InChI=1S/C16H19FN4O2/c1-9-6-7-21(8-9)12-5-4-11(13(17)10(12)2)14-19-16(23-20-14)15(22)18-3/h4-5,9H,6-8H2,1-3H3,(H,18,22)/t9-/m1/s1. The van der Waals surface area contributed by atoms with Crippen molar-refractivity contribution in [2.75, 3.05) is 25.0 Å². The first-order valence-electron chi connectivity index (χ1n) is 7.61. The van der Waals surface area contributed by atoms with Crippen molar-refractivity contribution < 1.29 is 13.7 Å². The zero-order valence-electron chi connectivity index (χ0n) is 13.4. The monoisotopic (exact) mass is 318 g/mol. The fourth-order valence-electron chi connectivity index (χ4n) is 2.88. The molecule has 1 aromatic heterocycles. The Hall–Kier alpha value is -2.44. The van der Waals surface area contributed by atoms with Crippen molar-refractivity contribution >= 4 is 11.6 Å². The lowest BCUT2D eigenvalue weighted by atomic mass is 10.1. The van der Waals surface area contributed by atoms with Crippen LogP contribution < -0.4 is 10.2 Å². The fraction of sp³-hybridized carbons (Fsp3) is 0.438. The highest BCUT2D eigenvalue weighted by atomic mass is 19.1. The lowest BCUT2D eigenvalue weighted by Gasteiger charge is -2.21. The maximum atomic E-state index is 14.7. The van der Waals surface area contributed by atoms with E-state index in [4.69, 9.17) is 4.52 Å². The summed E-state index contributed by atoms with van der Waals surface area (Å²) in [5.74, 6) is -0.373. The third-order valence-corrected chi connectivity index (χ3v) is 4.21. The summed E-state index contributed by atoms with van der Waals surface area (Å²) in [4.78, 5) is 17.6. The summed E-state index contributed by atoms with van der Waals surface area (Å²) in [7, 11) is 1.46. The van der Waals surface area contributed by atoms with E-state index in [1.54, 1.807) is 13.0 Å². The molecule has 0 saturated carbocycles. The number of nitrogens with zero attached hydrogens (tertiary/aromatic N) is 3. The molecular formula is C16H19FN4O2. The minimum absolute atomic E-state index is 0.0746. The van der Waals surface area contributed by atoms with Gasteiger partial charge in [-0.2, -0.15) is 4.98 Å². The average molecular weight is 318 g/mol. The highest BCUT2D eigenvalue weighted by Crippen LogP contribution is 2.32. The molecule has 0 unspecified atom stereocenters. The van der Waals surface area contributed by atoms with E-state index in [0.29, 0.717) is 11.5 Å². The molecular weight excluding hydrogens is 299 g/mol. The van der Waals surface area contributed by atoms with Crippen molar-refractivity contribution in [3.63, 3.8) is 0 Å². The predicted octanol–water partition coefficient (Wildman–Crippen LogP) is 2.39. The maximum Gasteiger partial charge on any atom is 0.316 e. The van der Waals surface area contributed by atoms with E-state index in [2.05, 4.69) is 27.3 Å². The van der Waals surface area contributed by atoms with E-state index < -0.39 is 5.91 Å². The van der Waals surface area contributed by atoms with Crippen LogP contribution in [0.5, 0.6) is 0 Å². The highest BCUT2D eigenvalue weighted by molar-refractivity contribution is 5.89. The van der Waals surface area contributed by atoms with Crippen molar-refractivity contribution in [1.29, 1.82) is 0 Å². The Morgan fingerprint density at radius 2 is 2.26 bits per heavy atom. The summed E-state index contributed by atoms with van der Waals surface area (Å²) in [6.45, 7) is 5.81. The van der Waals surface area contributed by atoms with E-state index >= 15 is 0 Å². The first-order chi connectivity index (χ1) is 11.0. The van der Waals surface area contributed by atoms with E-state index in [1.807, 2.05) is 6.07 Å². The van der Waals surface area contributed by atoms with Crippen LogP contribution in [-0.4, -0.2) is 36.2 Å². The Morgan fingerprint density at radius 3 is 2.91 bits per heavy atom. The number of rotatable bonds is 3. The number of nitrogens with one attached hydrogen (secondary N) is 1. The van der Waals surface area contributed by atoms with Crippen LogP contribution in [0.3, 0.4) is 0 Å². The Labute approximate surface area is 133 Å². The molecule has 1 amide bonds. The van der Waals surface area contributed by atoms with Gasteiger partial charge in [-0.3, -0.25) is 4.79 Å². The second kappa shape index (κ2) is 5.98. The number of aromatic nitrogens is 2. The predicted molar refractivity (Wildman–Crippen MR) is 83.8 cm³/mol. The molecule has 0 aliphatic carbocycles. The van der Waals surface area contributed by atoms with Gasteiger partial charge in [-0.1, -0.05) is 12.1 Å². The van der Waals surface area contributed by atoms with Gasteiger partial charge in [0.1, 0.15) is 5.82 Å². The molecule has 3 rings (SSSR count). The molecule has 1 saturated heterocycles. The Morgan fingerprint density at radius 1 is 1.48 bits per heavy atom. The van der Waals surface area contributed by atoms with Crippen molar-refractivity contribution in [2.45, 2.75) is 20.3 Å². The van der Waals surface area contributed by atoms with Crippen molar-refractivity contribution in [2.24, 2.45) is 5.92 Å². The van der Waals surface area contributed by atoms with Crippen LogP contribution >= 0.6 is 0 Å². The summed E-state index contributed by atoms with van der Waals surface area (Å²) in [5.41, 5.74) is 1.69. The molecule has 1 aromatic carbocycles. The minimum Gasteiger partial charge on any atom is -0.371 e. The molecule has 1 N–H and O–H groups in total. The van der Waals surface area contributed by atoms with Gasteiger partial charge in [-0.25, -0.2) is 4.39 Å².